The summed E-state index contributed by atoms with van der Waals surface area (Å²) in [6.07, 6.45) is 1.41. The highest BCUT2D eigenvalue weighted by Crippen LogP contribution is 2.22. The van der Waals surface area contributed by atoms with E-state index in [1.807, 2.05) is 0 Å². The number of fused-ring (bicyclic) bond motifs is 1. The van der Waals surface area contributed by atoms with E-state index in [1.165, 1.54) is 31.5 Å². The maximum atomic E-state index is 12.3. The molecule has 0 aliphatic rings. The van der Waals surface area contributed by atoms with Crippen molar-refractivity contribution >= 4 is 28.7 Å². The van der Waals surface area contributed by atoms with Gasteiger partial charge >= 0.3 is 11.9 Å². The van der Waals surface area contributed by atoms with E-state index in [0.29, 0.717) is 16.7 Å². The highest BCUT2D eigenvalue weighted by molar-refractivity contribution is 6.13. The van der Waals surface area contributed by atoms with Gasteiger partial charge in [-0.15, -0.1) is 0 Å². The maximum Gasteiger partial charge on any atom is 0.348 e. The van der Waals surface area contributed by atoms with Gasteiger partial charge in [0.25, 0.3) is 5.91 Å². The van der Waals surface area contributed by atoms with Crippen molar-refractivity contribution in [1.82, 2.24) is 4.98 Å². The number of para-hydroxylation sites is 1. The third kappa shape index (κ3) is 3.07. The number of carbonyl (C=O) groups is 3. The monoisotopic (exact) mass is 338 g/mol. The van der Waals surface area contributed by atoms with Crippen molar-refractivity contribution < 1.29 is 23.9 Å². The second-order valence-electron chi connectivity index (χ2n) is 5.20. The lowest BCUT2D eigenvalue weighted by Gasteiger charge is -2.05. The Labute approximate surface area is 142 Å². The summed E-state index contributed by atoms with van der Waals surface area (Å²) in [5, 5.41) is 0.485. The van der Waals surface area contributed by atoms with Crippen molar-refractivity contribution in [2.45, 2.75) is 0 Å². The minimum atomic E-state index is -0.829. The molecule has 1 amide bonds. The molecule has 0 saturated heterocycles. The Morgan fingerprint density at radius 2 is 1.68 bits per heavy atom. The first kappa shape index (κ1) is 16.3. The molecular formula is C18H14N2O5. The Morgan fingerprint density at radius 1 is 0.960 bits per heavy atom. The predicted octanol–water partition coefficient (Wildman–Crippen LogP) is 2.27. The summed E-state index contributed by atoms with van der Waals surface area (Å²) in [7, 11) is 1.51. The van der Waals surface area contributed by atoms with E-state index in [0.717, 1.165) is 0 Å². The molecule has 0 spiro atoms. The van der Waals surface area contributed by atoms with Gasteiger partial charge in [-0.3, -0.25) is 4.79 Å². The van der Waals surface area contributed by atoms with Crippen LogP contribution in [0.5, 0.6) is 5.75 Å². The molecule has 3 N–H and O–H groups in total. The number of hydrogen-bond acceptors (Lipinski definition) is 5. The topological polar surface area (TPSA) is 111 Å². The van der Waals surface area contributed by atoms with Crippen molar-refractivity contribution in [3.8, 4) is 5.75 Å². The van der Waals surface area contributed by atoms with Crippen LogP contribution in [0, 0.1) is 0 Å². The zero-order valence-corrected chi connectivity index (χ0v) is 13.2. The summed E-state index contributed by atoms with van der Waals surface area (Å²) in [4.78, 5) is 38.7. The van der Waals surface area contributed by atoms with Gasteiger partial charge in [0, 0.05) is 11.6 Å². The van der Waals surface area contributed by atoms with Gasteiger partial charge in [-0.25, -0.2) is 9.59 Å². The van der Waals surface area contributed by atoms with E-state index in [-0.39, 0.29) is 16.7 Å². The van der Waals surface area contributed by atoms with Gasteiger partial charge in [0.1, 0.15) is 5.75 Å². The predicted molar refractivity (Wildman–Crippen MR) is 89.6 cm³/mol. The van der Waals surface area contributed by atoms with Crippen LogP contribution in [0.4, 0.5) is 0 Å². The Balaban J connectivity index is 1.87. The molecule has 3 aromatic rings. The fourth-order valence-corrected chi connectivity index (χ4v) is 2.45. The molecule has 7 nitrogen and oxygen atoms in total. The van der Waals surface area contributed by atoms with Crippen LogP contribution in [0.3, 0.4) is 0 Å². The minimum absolute atomic E-state index is 0.131. The number of nitrogens with one attached hydrogen (secondary N) is 1. The van der Waals surface area contributed by atoms with Gasteiger partial charge in [0.15, 0.2) is 0 Å². The Morgan fingerprint density at radius 3 is 2.32 bits per heavy atom. The van der Waals surface area contributed by atoms with Gasteiger partial charge in [-0.05, 0) is 30.3 Å². The Kier molecular flexibility index (Phi) is 4.21. The average molecular weight is 338 g/mol. The van der Waals surface area contributed by atoms with Crippen molar-refractivity contribution in [3.63, 3.8) is 0 Å². The summed E-state index contributed by atoms with van der Waals surface area (Å²) < 4.78 is 9.93. The summed E-state index contributed by atoms with van der Waals surface area (Å²) in [6, 6.07) is 10.9. The number of aromatic amines is 1. The number of hydrogen-bond donors (Lipinski definition) is 2. The SMILES string of the molecule is COc1ccc(C(=O)OC(=O)c2cccc3c(C(N)=O)c[nH]c23)cc1. The summed E-state index contributed by atoms with van der Waals surface area (Å²) in [5.74, 6) is -1.65. The molecule has 0 bridgehead atoms. The number of aromatic nitrogens is 1. The molecular weight excluding hydrogens is 324 g/mol. The lowest BCUT2D eigenvalue weighted by Crippen LogP contribution is -2.13. The smallest absolute Gasteiger partial charge is 0.348 e. The lowest BCUT2D eigenvalue weighted by molar-refractivity contribution is 0.0399. The molecule has 7 heteroatoms. The fraction of sp³-hybridized carbons (Fsp3) is 0.0556. The normalized spacial score (nSPS) is 10.4. The molecule has 0 unspecified atom stereocenters. The largest absolute Gasteiger partial charge is 0.497 e. The first-order chi connectivity index (χ1) is 12.0. The molecule has 0 atom stereocenters. The van der Waals surface area contributed by atoms with Crippen molar-refractivity contribution in [3.05, 3.63) is 65.4 Å². The van der Waals surface area contributed by atoms with E-state index in [4.69, 9.17) is 15.2 Å². The van der Waals surface area contributed by atoms with Gasteiger partial charge in [-0.2, -0.15) is 0 Å². The van der Waals surface area contributed by atoms with E-state index in [2.05, 4.69) is 4.98 Å². The van der Waals surface area contributed by atoms with Gasteiger partial charge in [-0.1, -0.05) is 12.1 Å². The van der Waals surface area contributed by atoms with Crippen molar-refractivity contribution in [2.75, 3.05) is 7.11 Å². The number of benzene rings is 2. The van der Waals surface area contributed by atoms with Crippen LogP contribution in [0.1, 0.15) is 31.1 Å². The summed E-state index contributed by atoms with van der Waals surface area (Å²) >= 11 is 0. The van der Waals surface area contributed by atoms with E-state index >= 15 is 0 Å². The number of rotatable bonds is 4. The number of esters is 2. The second kappa shape index (κ2) is 6.48. The summed E-state index contributed by atoms with van der Waals surface area (Å²) in [6.45, 7) is 0. The van der Waals surface area contributed by atoms with Crippen LogP contribution in [0.15, 0.2) is 48.7 Å². The second-order valence-corrected chi connectivity index (χ2v) is 5.20. The van der Waals surface area contributed by atoms with E-state index < -0.39 is 17.8 Å². The molecule has 0 aliphatic heterocycles. The Hall–Kier alpha value is -3.61. The Bertz CT molecular complexity index is 973. The minimum Gasteiger partial charge on any atom is -0.497 e. The molecule has 1 heterocycles. The zero-order chi connectivity index (χ0) is 18.0. The molecule has 0 fully saturated rings. The number of carbonyl (C=O) groups excluding carboxylic acids is 3. The van der Waals surface area contributed by atoms with E-state index in [1.54, 1.807) is 24.3 Å². The van der Waals surface area contributed by atoms with E-state index in [9.17, 15) is 14.4 Å². The highest BCUT2D eigenvalue weighted by atomic mass is 16.6. The van der Waals surface area contributed by atoms with Gasteiger partial charge in [0.2, 0.25) is 0 Å². The number of nitrogens with two attached hydrogens (primary N) is 1. The van der Waals surface area contributed by atoms with Crippen LogP contribution < -0.4 is 10.5 Å². The molecule has 126 valence electrons. The van der Waals surface area contributed by atoms with Crippen LogP contribution in [-0.4, -0.2) is 29.9 Å². The fourth-order valence-electron chi connectivity index (χ4n) is 2.45. The van der Waals surface area contributed by atoms with Crippen LogP contribution in [0.2, 0.25) is 0 Å². The zero-order valence-electron chi connectivity index (χ0n) is 13.2. The molecule has 0 radical (unpaired) electrons. The number of H-pyrrole nitrogens is 1. The van der Waals surface area contributed by atoms with Crippen molar-refractivity contribution in [2.24, 2.45) is 5.73 Å². The number of methoxy groups -OCH3 is 1. The molecule has 3 rings (SSSR count). The number of primary amides is 1. The first-order valence-corrected chi connectivity index (χ1v) is 7.31. The van der Waals surface area contributed by atoms with Crippen LogP contribution in [0.25, 0.3) is 10.9 Å². The molecule has 0 saturated carbocycles. The third-order valence-corrected chi connectivity index (χ3v) is 3.71. The van der Waals surface area contributed by atoms with Gasteiger partial charge < -0.3 is 20.2 Å². The van der Waals surface area contributed by atoms with Gasteiger partial charge in [0.05, 0.1) is 29.3 Å². The standard InChI is InChI=1S/C18H14N2O5/c1-24-11-7-5-10(6-8-11)17(22)25-18(23)13-4-2-3-12-14(16(19)21)9-20-15(12)13/h2-9,20H,1H3,(H2,19,21). The third-order valence-electron chi connectivity index (χ3n) is 3.71. The lowest BCUT2D eigenvalue weighted by atomic mass is 10.1. The molecule has 0 aliphatic carbocycles. The number of amides is 1. The molecule has 25 heavy (non-hydrogen) atoms. The van der Waals surface area contributed by atoms with Crippen LogP contribution >= 0.6 is 0 Å². The molecule has 1 aromatic heterocycles. The number of ether oxygens (including phenoxy) is 2. The molecule has 2 aromatic carbocycles. The highest BCUT2D eigenvalue weighted by Gasteiger charge is 2.20. The summed E-state index contributed by atoms with van der Waals surface area (Å²) in [5.41, 5.74) is 6.27. The van der Waals surface area contributed by atoms with Crippen molar-refractivity contribution in [1.29, 1.82) is 0 Å². The van der Waals surface area contributed by atoms with Crippen LogP contribution in [-0.2, 0) is 4.74 Å². The first-order valence-electron chi connectivity index (χ1n) is 7.31. The quantitative estimate of drug-likeness (QED) is 0.560. The average Bonchev–Trinajstić information content (AvgIpc) is 3.06. The maximum absolute atomic E-state index is 12.3.